The van der Waals surface area contributed by atoms with Gasteiger partial charge in [0.2, 0.25) is 5.91 Å². The Morgan fingerprint density at radius 2 is 2.35 bits per heavy atom. The van der Waals surface area contributed by atoms with E-state index in [1.807, 2.05) is 17.5 Å². The van der Waals surface area contributed by atoms with Crippen molar-refractivity contribution in [1.82, 2.24) is 14.9 Å². The summed E-state index contributed by atoms with van der Waals surface area (Å²) in [6.45, 7) is 0.788. The van der Waals surface area contributed by atoms with E-state index in [4.69, 9.17) is 10.8 Å². The number of hydrogen-bond acceptors (Lipinski definition) is 5. The van der Waals surface area contributed by atoms with E-state index in [2.05, 4.69) is 10.3 Å². The first kappa shape index (κ1) is 14.2. The molecule has 4 N–H and O–H groups in total. The second-order valence-electron chi connectivity index (χ2n) is 4.09. The number of hydrogen-bond donors (Lipinski definition) is 3. The van der Waals surface area contributed by atoms with E-state index in [1.165, 1.54) is 23.9 Å². The van der Waals surface area contributed by atoms with Gasteiger partial charge in [0.05, 0.1) is 6.33 Å². The van der Waals surface area contributed by atoms with Crippen LogP contribution in [0.3, 0.4) is 0 Å². The molecule has 0 saturated heterocycles. The van der Waals surface area contributed by atoms with Crippen molar-refractivity contribution in [3.63, 3.8) is 0 Å². The smallest absolute Gasteiger partial charge is 0.356 e. The molecule has 106 valence electrons. The number of aromatic carboxylic acids is 1. The summed E-state index contributed by atoms with van der Waals surface area (Å²) in [5.74, 6) is -1.33. The van der Waals surface area contributed by atoms with Crippen molar-refractivity contribution < 1.29 is 14.7 Å². The van der Waals surface area contributed by atoms with Gasteiger partial charge in [0.1, 0.15) is 6.04 Å². The van der Waals surface area contributed by atoms with E-state index >= 15 is 0 Å². The van der Waals surface area contributed by atoms with Gasteiger partial charge in [-0.2, -0.15) is 0 Å². The van der Waals surface area contributed by atoms with Gasteiger partial charge >= 0.3 is 5.97 Å². The Hall–Kier alpha value is -2.19. The van der Waals surface area contributed by atoms with Crippen LogP contribution < -0.4 is 11.1 Å². The zero-order chi connectivity index (χ0) is 14.5. The highest BCUT2D eigenvalue weighted by Crippen LogP contribution is 2.16. The number of carbonyl (C=O) groups excluding carboxylic acids is 1. The quantitative estimate of drug-likeness (QED) is 0.717. The molecule has 0 aromatic carbocycles. The monoisotopic (exact) mass is 294 g/mol. The zero-order valence-electron chi connectivity index (χ0n) is 10.5. The summed E-state index contributed by atoms with van der Waals surface area (Å²) in [4.78, 5) is 27.0. The summed E-state index contributed by atoms with van der Waals surface area (Å²) in [6.07, 6.45) is 2.82. The number of nitrogens with one attached hydrogen (secondary N) is 1. The molecule has 2 aromatic heterocycles. The molecule has 0 aliphatic rings. The van der Waals surface area contributed by atoms with Crippen LogP contribution in [0.2, 0.25) is 0 Å². The Morgan fingerprint density at radius 3 is 2.95 bits per heavy atom. The molecule has 1 unspecified atom stereocenters. The number of aromatic nitrogens is 2. The lowest BCUT2D eigenvalue weighted by molar-refractivity contribution is -0.122. The predicted octanol–water partition coefficient (Wildman–Crippen LogP) is 0.459. The molecule has 2 rings (SSSR count). The highest BCUT2D eigenvalue weighted by atomic mass is 32.1. The van der Waals surface area contributed by atoms with Crippen molar-refractivity contribution >= 4 is 23.2 Å². The van der Waals surface area contributed by atoms with E-state index in [1.54, 1.807) is 4.57 Å². The second kappa shape index (κ2) is 6.31. The lowest BCUT2D eigenvalue weighted by atomic mass is 10.2. The molecule has 0 fully saturated rings. The van der Waals surface area contributed by atoms with Gasteiger partial charge in [-0.05, 0) is 11.4 Å². The summed E-state index contributed by atoms with van der Waals surface area (Å²) in [5.41, 5.74) is 5.79. The fourth-order valence-corrected chi connectivity index (χ4v) is 2.33. The summed E-state index contributed by atoms with van der Waals surface area (Å²) < 4.78 is 1.60. The standard InChI is InChI=1S/C12H14N4O3S/c13-10(9-2-1-5-20-9)11(17)14-3-4-16-6-8(12(18)19)15-7-16/h1-2,5-7,10H,3-4,13H2,(H,14,17)(H,18,19). The molecule has 1 amide bonds. The minimum absolute atomic E-state index is 0.0217. The van der Waals surface area contributed by atoms with Crippen LogP contribution in [0.4, 0.5) is 0 Å². The average molecular weight is 294 g/mol. The van der Waals surface area contributed by atoms with E-state index < -0.39 is 12.0 Å². The first-order valence-electron chi connectivity index (χ1n) is 5.89. The lowest BCUT2D eigenvalue weighted by Gasteiger charge is -2.10. The summed E-state index contributed by atoms with van der Waals surface area (Å²) in [7, 11) is 0. The van der Waals surface area contributed by atoms with Gasteiger partial charge in [-0.3, -0.25) is 4.79 Å². The van der Waals surface area contributed by atoms with Gasteiger partial charge in [0.15, 0.2) is 5.69 Å². The predicted molar refractivity (Wildman–Crippen MR) is 73.4 cm³/mol. The molecule has 0 bridgehead atoms. The van der Waals surface area contributed by atoms with Crippen LogP contribution in [0.5, 0.6) is 0 Å². The molecule has 1 atom stereocenters. The molecule has 8 heteroatoms. The Labute approximate surface area is 119 Å². The third kappa shape index (κ3) is 3.43. The molecule has 0 aliphatic heterocycles. The second-order valence-corrected chi connectivity index (χ2v) is 5.07. The van der Waals surface area contributed by atoms with Crippen molar-refractivity contribution in [2.75, 3.05) is 6.54 Å². The van der Waals surface area contributed by atoms with Gasteiger partial charge in [-0.1, -0.05) is 6.07 Å². The Balaban J connectivity index is 1.80. The first-order valence-corrected chi connectivity index (χ1v) is 6.77. The fourth-order valence-electron chi connectivity index (χ4n) is 1.61. The molecule has 0 radical (unpaired) electrons. The summed E-state index contributed by atoms with van der Waals surface area (Å²) in [6, 6.07) is 2.98. The van der Waals surface area contributed by atoms with Gasteiger partial charge in [0.25, 0.3) is 0 Å². The number of nitrogens with zero attached hydrogens (tertiary/aromatic N) is 2. The van der Waals surface area contributed by atoms with Crippen molar-refractivity contribution in [2.24, 2.45) is 5.73 Å². The lowest BCUT2D eigenvalue weighted by Crippen LogP contribution is -2.35. The van der Waals surface area contributed by atoms with Crippen LogP contribution in [0.1, 0.15) is 21.4 Å². The van der Waals surface area contributed by atoms with Gasteiger partial charge in [-0.15, -0.1) is 11.3 Å². The molecule has 0 spiro atoms. The van der Waals surface area contributed by atoms with Gasteiger partial charge < -0.3 is 20.7 Å². The topological polar surface area (TPSA) is 110 Å². The Morgan fingerprint density at radius 1 is 1.55 bits per heavy atom. The number of carbonyl (C=O) groups is 2. The number of imidazole rings is 1. The molecule has 20 heavy (non-hydrogen) atoms. The van der Waals surface area contributed by atoms with Crippen LogP contribution in [0.15, 0.2) is 30.0 Å². The maximum absolute atomic E-state index is 11.8. The maximum Gasteiger partial charge on any atom is 0.356 e. The highest BCUT2D eigenvalue weighted by Gasteiger charge is 2.15. The van der Waals surface area contributed by atoms with Crippen LogP contribution in [-0.2, 0) is 11.3 Å². The SMILES string of the molecule is NC(C(=O)NCCn1cnc(C(=O)O)c1)c1cccs1. The van der Waals surface area contributed by atoms with Crippen molar-refractivity contribution in [3.8, 4) is 0 Å². The third-order valence-electron chi connectivity index (χ3n) is 2.65. The zero-order valence-corrected chi connectivity index (χ0v) is 11.3. The minimum Gasteiger partial charge on any atom is -0.476 e. The summed E-state index contributed by atoms with van der Waals surface area (Å²) >= 11 is 1.43. The van der Waals surface area contributed by atoms with Crippen molar-refractivity contribution in [2.45, 2.75) is 12.6 Å². The molecular weight excluding hydrogens is 280 g/mol. The van der Waals surface area contributed by atoms with Gasteiger partial charge in [0, 0.05) is 24.2 Å². The Bertz CT molecular complexity index is 594. The van der Waals surface area contributed by atoms with E-state index in [0.717, 1.165) is 4.88 Å². The molecular formula is C12H14N4O3S. The Kier molecular flexibility index (Phi) is 4.49. The van der Waals surface area contributed by atoms with Crippen molar-refractivity contribution in [3.05, 3.63) is 40.6 Å². The van der Waals surface area contributed by atoms with Crippen LogP contribution >= 0.6 is 11.3 Å². The van der Waals surface area contributed by atoms with E-state index in [9.17, 15) is 9.59 Å². The molecule has 0 aliphatic carbocycles. The number of nitrogens with two attached hydrogens (primary N) is 1. The molecule has 2 aromatic rings. The van der Waals surface area contributed by atoms with Crippen LogP contribution in [0.25, 0.3) is 0 Å². The average Bonchev–Trinajstić information content (AvgIpc) is 3.08. The fraction of sp³-hybridized carbons (Fsp3) is 0.250. The van der Waals surface area contributed by atoms with Crippen LogP contribution in [0, 0.1) is 0 Å². The highest BCUT2D eigenvalue weighted by molar-refractivity contribution is 7.10. The molecule has 7 nitrogen and oxygen atoms in total. The number of carboxylic acid groups (broad SMARTS) is 1. The number of rotatable bonds is 6. The molecule has 2 heterocycles. The largest absolute Gasteiger partial charge is 0.476 e. The van der Waals surface area contributed by atoms with E-state index in [0.29, 0.717) is 13.1 Å². The minimum atomic E-state index is -1.08. The first-order chi connectivity index (χ1) is 9.58. The molecule has 0 saturated carbocycles. The maximum atomic E-state index is 11.8. The normalized spacial score (nSPS) is 12.1. The van der Waals surface area contributed by atoms with Crippen LogP contribution in [-0.4, -0.2) is 33.1 Å². The summed E-state index contributed by atoms with van der Waals surface area (Å²) in [5, 5.41) is 13.3. The van der Waals surface area contributed by atoms with Gasteiger partial charge in [-0.25, -0.2) is 9.78 Å². The number of carboxylic acids is 1. The van der Waals surface area contributed by atoms with E-state index in [-0.39, 0.29) is 11.6 Å². The third-order valence-corrected chi connectivity index (χ3v) is 3.61. The van der Waals surface area contributed by atoms with Crippen molar-refractivity contribution in [1.29, 1.82) is 0 Å². The number of amides is 1. The number of thiophene rings is 1.